The largest absolute Gasteiger partial charge is 0.332 e. The smallest absolute Gasteiger partial charge is 0.321 e. The van der Waals surface area contributed by atoms with E-state index in [0.717, 1.165) is 0 Å². The summed E-state index contributed by atoms with van der Waals surface area (Å²) in [5.41, 5.74) is 0. The van der Waals surface area contributed by atoms with Crippen LogP contribution >= 0.6 is 11.3 Å². The van der Waals surface area contributed by atoms with Crippen LogP contribution in [0.2, 0.25) is 0 Å². The van der Waals surface area contributed by atoms with Gasteiger partial charge in [-0.05, 0) is 6.92 Å². The van der Waals surface area contributed by atoms with Crippen LogP contribution in [-0.4, -0.2) is 29.2 Å². The monoisotopic (exact) mass is 222 g/mol. The Kier molecular flexibility index (Phi) is 3.69. The molecule has 78 valence electrons. The minimum Gasteiger partial charge on any atom is -0.332 e. The highest BCUT2D eigenvalue weighted by Gasteiger charge is 2.08. The number of hydrogen-bond acceptors (Lipinski definition) is 4. The quantitative estimate of drug-likeness (QED) is 0.808. The SMILES string of the molecule is Cc1nnc(NC(=O)NCC(F)F)s1. The fourth-order valence-electron chi connectivity index (χ4n) is 0.658. The molecule has 0 aliphatic heterocycles. The van der Waals surface area contributed by atoms with Crippen LogP contribution in [0, 0.1) is 6.92 Å². The second-order valence-electron chi connectivity index (χ2n) is 2.35. The molecule has 8 heteroatoms. The van der Waals surface area contributed by atoms with E-state index in [1.54, 1.807) is 6.92 Å². The number of hydrogen-bond donors (Lipinski definition) is 2. The molecule has 0 atom stereocenters. The molecular weight excluding hydrogens is 214 g/mol. The van der Waals surface area contributed by atoms with Crippen molar-refractivity contribution in [3.8, 4) is 0 Å². The summed E-state index contributed by atoms with van der Waals surface area (Å²) >= 11 is 1.17. The van der Waals surface area contributed by atoms with Crippen LogP contribution in [0.4, 0.5) is 18.7 Å². The van der Waals surface area contributed by atoms with Gasteiger partial charge in [0, 0.05) is 0 Å². The lowest BCUT2D eigenvalue weighted by molar-refractivity contribution is 0.148. The number of urea groups is 1. The summed E-state index contributed by atoms with van der Waals surface area (Å²) in [4.78, 5) is 10.9. The van der Waals surface area contributed by atoms with E-state index in [1.165, 1.54) is 11.3 Å². The first kappa shape index (κ1) is 10.8. The fourth-order valence-corrected chi connectivity index (χ4v) is 1.25. The maximum Gasteiger partial charge on any atom is 0.321 e. The zero-order chi connectivity index (χ0) is 10.6. The molecule has 0 unspecified atom stereocenters. The second-order valence-corrected chi connectivity index (χ2v) is 3.53. The molecule has 0 aliphatic carbocycles. The van der Waals surface area contributed by atoms with Crippen LogP contribution in [-0.2, 0) is 0 Å². The molecule has 1 aromatic rings. The Morgan fingerprint density at radius 1 is 1.57 bits per heavy atom. The van der Waals surface area contributed by atoms with Gasteiger partial charge in [-0.1, -0.05) is 11.3 Å². The molecule has 0 saturated carbocycles. The molecule has 0 bridgehead atoms. The number of aromatic nitrogens is 2. The first-order valence-electron chi connectivity index (χ1n) is 3.71. The van der Waals surface area contributed by atoms with E-state index in [1.807, 2.05) is 5.32 Å². The molecule has 2 N–H and O–H groups in total. The predicted octanol–water partition coefficient (Wildman–Crippen LogP) is 1.23. The molecular formula is C6H8F2N4OS. The van der Waals surface area contributed by atoms with Gasteiger partial charge in [0.1, 0.15) is 5.01 Å². The first-order chi connectivity index (χ1) is 6.58. The van der Waals surface area contributed by atoms with Crippen LogP contribution in [0.3, 0.4) is 0 Å². The third-order valence-corrected chi connectivity index (χ3v) is 1.92. The van der Waals surface area contributed by atoms with Crippen molar-refractivity contribution in [3.05, 3.63) is 5.01 Å². The third kappa shape index (κ3) is 3.60. The standard InChI is InChI=1S/C6H8F2N4OS/c1-3-11-12-6(14-3)10-5(13)9-2-4(7)8/h4H,2H2,1H3,(H2,9,10,12,13). The summed E-state index contributed by atoms with van der Waals surface area (Å²) in [5, 5.41) is 12.5. The number of carbonyl (C=O) groups excluding carboxylic acids is 1. The third-order valence-electron chi connectivity index (χ3n) is 1.16. The topological polar surface area (TPSA) is 66.9 Å². The first-order valence-corrected chi connectivity index (χ1v) is 4.52. The van der Waals surface area contributed by atoms with Gasteiger partial charge in [0.15, 0.2) is 0 Å². The lowest BCUT2D eigenvalue weighted by Gasteiger charge is -2.02. The molecule has 14 heavy (non-hydrogen) atoms. The number of nitrogens with one attached hydrogen (secondary N) is 2. The van der Waals surface area contributed by atoms with E-state index in [-0.39, 0.29) is 5.13 Å². The Bertz CT molecular complexity index is 317. The van der Waals surface area contributed by atoms with Crippen molar-refractivity contribution in [1.29, 1.82) is 0 Å². The number of anilines is 1. The lowest BCUT2D eigenvalue weighted by Crippen LogP contribution is -2.32. The van der Waals surface area contributed by atoms with Crippen molar-refractivity contribution in [2.24, 2.45) is 0 Å². The minimum atomic E-state index is -2.56. The molecule has 0 fully saturated rings. The number of halogens is 2. The average Bonchev–Trinajstić information content (AvgIpc) is 2.48. The van der Waals surface area contributed by atoms with Crippen LogP contribution in [0.5, 0.6) is 0 Å². The normalized spacial score (nSPS) is 10.3. The van der Waals surface area contributed by atoms with Gasteiger partial charge in [0.2, 0.25) is 5.13 Å². The van der Waals surface area contributed by atoms with Crippen molar-refractivity contribution in [3.63, 3.8) is 0 Å². The van der Waals surface area contributed by atoms with Gasteiger partial charge in [0.05, 0.1) is 6.54 Å². The van der Waals surface area contributed by atoms with E-state index in [4.69, 9.17) is 0 Å². The van der Waals surface area contributed by atoms with Crippen molar-refractivity contribution < 1.29 is 13.6 Å². The number of amides is 2. The summed E-state index contributed by atoms with van der Waals surface area (Å²) < 4.78 is 23.3. The maximum atomic E-state index is 11.7. The number of rotatable bonds is 3. The van der Waals surface area contributed by atoms with Gasteiger partial charge in [-0.3, -0.25) is 5.32 Å². The second kappa shape index (κ2) is 4.80. The fraction of sp³-hybridized carbons (Fsp3) is 0.500. The van der Waals surface area contributed by atoms with Crippen molar-refractivity contribution >= 4 is 22.5 Å². The minimum absolute atomic E-state index is 0.286. The Morgan fingerprint density at radius 2 is 2.29 bits per heavy atom. The molecule has 0 saturated heterocycles. The zero-order valence-corrected chi connectivity index (χ0v) is 8.07. The van der Waals surface area contributed by atoms with Crippen LogP contribution in [0.15, 0.2) is 0 Å². The zero-order valence-electron chi connectivity index (χ0n) is 7.25. The number of alkyl halides is 2. The van der Waals surface area contributed by atoms with Gasteiger partial charge in [0.25, 0.3) is 6.43 Å². The Labute approximate surface area is 82.5 Å². The van der Waals surface area contributed by atoms with E-state index in [0.29, 0.717) is 5.01 Å². The van der Waals surface area contributed by atoms with E-state index in [2.05, 4.69) is 15.5 Å². The highest BCUT2D eigenvalue weighted by molar-refractivity contribution is 7.15. The van der Waals surface area contributed by atoms with Gasteiger partial charge < -0.3 is 5.32 Å². The maximum absolute atomic E-state index is 11.7. The Balaban J connectivity index is 2.34. The molecule has 0 spiro atoms. The van der Waals surface area contributed by atoms with Crippen molar-refractivity contribution in [2.75, 3.05) is 11.9 Å². The van der Waals surface area contributed by atoms with E-state index in [9.17, 15) is 13.6 Å². The molecule has 2 amide bonds. The summed E-state index contributed by atoms with van der Waals surface area (Å²) in [7, 11) is 0. The molecule has 5 nitrogen and oxygen atoms in total. The van der Waals surface area contributed by atoms with Crippen LogP contribution in [0.25, 0.3) is 0 Å². The van der Waals surface area contributed by atoms with Gasteiger partial charge >= 0.3 is 6.03 Å². The average molecular weight is 222 g/mol. The van der Waals surface area contributed by atoms with Gasteiger partial charge in [-0.15, -0.1) is 10.2 Å². The lowest BCUT2D eigenvalue weighted by atomic mass is 10.7. The number of aryl methyl sites for hydroxylation is 1. The molecule has 0 aliphatic rings. The number of carbonyl (C=O) groups is 1. The highest BCUT2D eigenvalue weighted by atomic mass is 32.1. The summed E-state index contributed by atoms with van der Waals surface area (Å²) in [6, 6.07) is -0.707. The number of nitrogens with zero attached hydrogens (tertiary/aromatic N) is 2. The molecule has 1 aromatic heterocycles. The summed E-state index contributed by atoms with van der Waals surface area (Å²) in [6.45, 7) is 1.05. The van der Waals surface area contributed by atoms with E-state index >= 15 is 0 Å². The van der Waals surface area contributed by atoms with E-state index < -0.39 is 19.0 Å². The highest BCUT2D eigenvalue weighted by Crippen LogP contribution is 2.12. The molecule has 0 aromatic carbocycles. The van der Waals surface area contributed by atoms with Crippen LogP contribution in [0.1, 0.15) is 5.01 Å². The molecule has 0 radical (unpaired) electrons. The Morgan fingerprint density at radius 3 is 2.79 bits per heavy atom. The predicted molar refractivity (Wildman–Crippen MR) is 47.7 cm³/mol. The summed E-state index contributed by atoms with van der Waals surface area (Å²) in [6.07, 6.45) is -2.56. The molecule has 1 heterocycles. The van der Waals surface area contributed by atoms with Crippen LogP contribution < -0.4 is 10.6 Å². The molecule has 1 rings (SSSR count). The van der Waals surface area contributed by atoms with Crippen molar-refractivity contribution in [2.45, 2.75) is 13.3 Å². The van der Waals surface area contributed by atoms with Gasteiger partial charge in [-0.25, -0.2) is 13.6 Å². The van der Waals surface area contributed by atoms with Crippen molar-refractivity contribution in [1.82, 2.24) is 15.5 Å². The van der Waals surface area contributed by atoms with Gasteiger partial charge in [-0.2, -0.15) is 0 Å². The summed E-state index contributed by atoms with van der Waals surface area (Å²) in [5.74, 6) is 0. The Hall–Kier alpha value is -1.31.